The van der Waals surface area contributed by atoms with Gasteiger partial charge in [-0.25, -0.2) is 4.98 Å². The summed E-state index contributed by atoms with van der Waals surface area (Å²) in [4.78, 5) is 4.71. The van der Waals surface area contributed by atoms with Crippen LogP contribution in [0.1, 0.15) is 56.7 Å². The number of hydrogen-bond acceptors (Lipinski definition) is 3. The quantitative estimate of drug-likeness (QED) is 0.837. The molecule has 0 radical (unpaired) electrons. The second kappa shape index (κ2) is 3.87. The first-order chi connectivity index (χ1) is 7.04. The largest absolute Gasteiger partial charge is 0.319 e. The van der Waals surface area contributed by atoms with Gasteiger partial charge in [-0.2, -0.15) is 0 Å². The van der Waals surface area contributed by atoms with Crippen LogP contribution in [0.15, 0.2) is 5.38 Å². The zero-order chi connectivity index (χ0) is 11.1. The molecule has 1 aromatic heterocycles. The molecule has 15 heavy (non-hydrogen) atoms. The van der Waals surface area contributed by atoms with Crippen molar-refractivity contribution in [2.45, 2.75) is 51.5 Å². The highest BCUT2D eigenvalue weighted by atomic mass is 32.1. The van der Waals surface area contributed by atoms with Crippen LogP contribution in [-0.2, 0) is 5.54 Å². The summed E-state index contributed by atoms with van der Waals surface area (Å²) in [6.45, 7) is 6.61. The van der Waals surface area contributed by atoms with Crippen LogP contribution in [0.3, 0.4) is 0 Å². The van der Waals surface area contributed by atoms with E-state index in [0.717, 1.165) is 11.4 Å². The molecular weight excluding hydrogens is 204 g/mol. The van der Waals surface area contributed by atoms with Crippen LogP contribution in [0.2, 0.25) is 0 Å². The van der Waals surface area contributed by atoms with E-state index in [1.165, 1.54) is 18.5 Å². The van der Waals surface area contributed by atoms with Crippen LogP contribution in [0, 0.1) is 5.92 Å². The smallest absolute Gasteiger partial charge is 0.113 e. The molecule has 0 saturated heterocycles. The number of rotatable bonds is 2. The summed E-state index contributed by atoms with van der Waals surface area (Å²) in [6, 6.07) is 0. The topological polar surface area (TPSA) is 38.9 Å². The number of nitrogens with zero attached hydrogens (tertiary/aromatic N) is 1. The van der Waals surface area contributed by atoms with Crippen molar-refractivity contribution in [2.75, 3.05) is 0 Å². The first-order valence-corrected chi connectivity index (χ1v) is 6.67. The van der Waals surface area contributed by atoms with Crippen LogP contribution < -0.4 is 5.73 Å². The summed E-state index contributed by atoms with van der Waals surface area (Å²) in [5.74, 6) is 1.08. The third kappa shape index (κ3) is 1.83. The molecular formula is C12H20N2S. The van der Waals surface area contributed by atoms with E-state index < -0.39 is 0 Å². The summed E-state index contributed by atoms with van der Waals surface area (Å²) < 4.78 is 0. The Bertz CT molecular complexity index is 345. The molecule has 0 bridgehead atoms. The predicted octanol–water partition coefficient (Wildman–Crippen LogP) is 3.24. The van der Waals surface area contributed by atoms with Crippen LogP contribution >= 0.6 is 11.3 Å². The van der Waals surface area contributed by atoms with Gasteiger partial charge < -0.3 is 5.73 Å². The van der Waals surface area contributed by atoms with Crippen LogP contribution in [0.5, 0.6) is 0 Å². The van der Waals surface area contributed by atoms with Crippen LogP contribution in [-0.4, -0.2) is 4.98 Å². The van der Waals surface area contributed by atoms with Gasteiger partial charge in [0.05, 0.1) is 11.2 Å². The average Bonchev–Trinajstić information content (AvgIpc) is 2.75. The minimum Gasteiger partial charge on any atom is -0.319 e. The van der Waals surface area contributed by atoms with Crippen molar-refractivity contribution >= 4 is 11.3 Å². The first kappa shape index (κ1) is 11.1. The lowest BCUT2D eigenvalue weighted by molar-refractivity contribution is 0.347. The van der Waals surface area contributed by atoms with E-state index in [1.54, 1.807) is 11.3 Å². The van der Waals surface area contributed by atoms with Gasteiger partial charge in [0.1, 0.15) is 5.01 Å². The fourth-order valence-electron chi connectivity index (χ4n) is 2.29. The molecule has 2 nitrogen and oxygen atoms in total. The standard InChI is InChI=1S/C12H20N2S/c1-8(2)10-7-15-11(14-10)12(13)6-4-5-9(12)3/h7-9H,4-6,13H2,1-3H3. The zero-order valence-electron chi connectivity index (χ0n) is 9.79. The SMILES string of the molecule is CC(C)c1csc(C2(N)CCCC2C)n1. The predicted molar refractivity (Wildman–Crippen MR) is 65.1 cm³/mol. The summed E-state index contributed by atoms with van der Waals surface area (Å²) >= 11 is 1.74. The maximum absolute atomic E-state index is 6.49. The van der Waals surface area contributed by atoms with Crippen LogP contribution in [0.25, 0.3) is 0 Å². The molecule has 2 atom stereocenters. The van der Waals surface area contributed by atoms with Crippen molar-refractivity contribution in [3.8, 4) is 0 Å². The molecule has 3 heteroatoms. The molecule has 1 saturated carbocycles. The van der Waals surface area contributed by atoms with Crippen molar-refractivity contribution < 1.29 is 0 Å². The summed E-state index contributed by atoms with van der Waals surface area (Å²) in [7, 11) is 0. The Kier molecular flexibility index (Phi) is 2.86. The molecule has 1 aliphatic rings. The van der Waals surface area contributed by atoms with E-state index in [-0.39, 0.29) is 5.54 Å². The van der Waals surface area contributed by atoms with Crippen molar-refractivity contribution in [3.63, 3.8) is 0 Å². The molecule has 0 aliphatic heterocycles. The molecule has 0 amide bonds. The molecule has 84 valence electrons. The lowest BCUT2D eigenvalue weighted by Gasteiger charge is -2.26. The number of nitrogens with two attached hydrogens (primary N) is 1. The van der Waals surface area contributed by atoms with Crippen LogP contribution in [0.4, 0.5) is 0 Å². The molecule has 1 fully saturated rings. The average molecular weight is 224 g/mol. The third-order valence-electron chi connectivity index (χ3n) is 3.62. The molecule has 2 unspecified atom stereocenters. The number of hydrogen-bond donors (Lipinski definition) is 1. The van der Waals surface area contributed by atoms with Gasteiger partial charge in [0, 0.05) is 5.38 Å². The summed E-state index contributed by atoms with van der Waals surface area (Å²) in [5.41, 5.74) is 7.54. The van der Waals surface area contributed by atoms with Gasteiger partial charge in [0.25, 0.3) is 0 Å². The molecule has 2 rings (SSSR count). The highest BCUT2D eigenvalue weighted by molar-refractivity contribution is 7.09. The summed E-state index contributed by atoms with van der Waals surface area (Å²) in [6.07, 6.45) is 3.58. The highest BCUT2D eigenvalue weighted by Crippen LogP contribution is 2.42. The summed E-state index contributed by atoms with van der Waals surface area (Å²) in [5, 5.41) is 3.32. The van der Waals surface area contributed by atoms with Crippen molar-refractivity contribution in [3.05, 3.63) is 16.1 Å². The monoisotopic (exact) mass is 224 g/mol. The molecule has 0 spiro atoms. The Labute approximate surface area is 95.9 Å². The van der Waals surface area contributed by atoms with Gasteiger partial charge in [0.2, 0.25) is 0 Å². The number of aromatic nitrogens is 1. The molecule has 1 aromatic rings. The fourth-order valence-corrected chi connectivity index (χ4v) is 3.53. The third-order valence-corrected chi connectivity index (χ3v) is 4.67. The van der Waals surface area contributed by atoms with E-state index in [4.69, 9.17) is 10.7 Å². The van der Waals surface area contributed by atoms with E-state index >= 15 is 0 Å². The fraction of sp³-hybridized carbons (Fsp3) is 0.750. The second-order valence-corrected chi connectivity index (χ2v) is 5.92. The lowest BCUT2D eigenvalue weighted by Crippen LogP contribution is -2.39. The van der Waals surface area contributed by atoms with Crippen molar-refractivity contribution in [1.82, 2.24) is 4.98 Å². The Balaban J connectivity index is 2.28. The van der Waals surface area contributed by atoms with Gasteiger partial charge in [-0.15, -0.1) is 11.3 Å². The molecule has 1 heterocycles. The van der Waals surface area contributed by atoms with E-state index in [0.29, 0.717) is 11.8 Å². The lowest BCUT2D eigenvalue weighted by atomic mass is 9.90. The Hall–Kier alpha value is -0.410. The Morgan fingerprint density at radius 2 is 2.33 bits per heavy atom. The van der Waals surface area contributed by atoms with Gasteiger partial charge >= 0.3 is 0 Å². The van der Waals surface area contributed by atoms with Crippen molar-refractivity contribution in [2.24, 2.45) is 11.7 Å². The van der Waals surface area contributed by atoms with Gasteiger partial charge in [-0.3, -0.25) is 0 Å². The van der Waals surface area contributed by atoms with E-state index in [2.05, 4.69) is 26.2 Å². The van der Waals surface area contributed by atoms with Gasteiger partial charge in [0.15, 0.2) is 0 Å². The first-order valence-electron chi connectivity index (χ1n) is 5.79. The normalized spacial score (nSPS) is 31.4. The molecule has 0 aromatic carbocycles. The van der Waals surface area contributed by atoms with E-state index in [9.17, 15) is 0 Å². The second-order valence-electron chi connectivity index (χ2n) is 5.07. The number of thiazole rings is 1. The molecule has 1 aliphatic carbocycles. The minimum atomic E-state index is -0.141. The maximum atomic E-state index is 6.49. The Morgan fingerprint density at radius 1 is 1.60 bits per heavy atom. The molecule has 2 N–H and O–H groups in total. The van der Waals surface area contributed by atoms with Crippen molar-refractivity contribution in [1.29, 1.82) is 0 Å². The Morgan fingerprint density at radius 3 is 2.80 bits per heavy atom. The van der Waals surface area contributed by atoms with Gasteiger partial charge in [-0.1, -0.05) is 27.2 Å². The van der Waals surface area contributed by atoms with Gasteiger partial charge in [-0.05, 0) is 24.7 Å². The maximum Gasteiger partial charge on any atom is 0.113 e. The van der Waals surface area contributed by atoms with E-state index in [1.807, 2.05) is 0 Å². The minimum absolute atomic E-state index is 0.141. The zero-order valence-corrected chi connectivity index (χ0v) is 10.6. The highest BCUT2D eigenvalue weighted by Gasteiger charge is 2.40.